The first kappa shape index (κ1) is 21.0. The van der Waals surface area contributed by atoms with Crippen molar-refractivity contribution in [3.63, 3.8) is 0 Å². The van der Waals surface area contributed by atoms with Gasteiger partial charge in [0.1, 0.15) is 11.9 Å². The first-order chi connectivity index (χ1) is 15.1. The first-order valence-corrected chi connectivity index (χ1v) is 11.0. The predicted octanol–water partition coefficient (Wildman–Crippen LogP) is 5.10. The number of hydrogen-bond acceptors (Lipinski definition) is 4. The van der Waals surface area contributed by atoms with Crippen LogP contribution >= 0.6 is 11.8 Å². The Hall–Kier alpha value is -3.30. The van der Waals surface area contributed by atoms with Crippen molar-refractivity contribution in [2.45, 2.75) is 16.2 Å². The molecule has 6 heteroatoms. The van der Waals surface area contributed by atoms with Crippen molar-refractivity contribution in [2.24, 2.45) is 5.92 Å². The molecule has 0 aliphatic carbocycles. The summed E-state index contributed by atoms with van der Waals surface area (Å²) in [6.07, 6.45) is 0.976. The summed E-state index contributed by atoms with van der Waals surface area (Å²) in [5.41, 5.74) is 2.20. The number of anilines is 1. The minimum Gasteiger partial charge on any atom is -0.371 e. The smallest absolute Gasteiger partial charge is 0.252 e. The van der Waals surface area contributed by atoms with Gasteiger partial charge in [-0.25, -0.2) is 4.39 Å². The number of amides is 1. The third-order valence-corrected chi connectivity index (χ3v) is 6.54. The highest BCUT2D eigenvalue weighted by atomic mass is 32.2. The van der Waals surface area contributed by atoms with Crippen molar-refractivity contribution < 1.29 is 9.18 Å². The quantitative estimate of drug-likeness (QED) is 0.590. The summed E-state index contributed by atoms with van der Waals surface area (Å²) in [6.45, 7) is 2.31. The standard InChI is InChI=1S/C25H22FN3OS/c26-20-9-11-21(12-10-20)29-14-13-18(17-29)16-28-25(30)22-6-2-4-8-24(22)31-23-7-3-1-5-19(23)15-27/h1-12,18H,13-14,16-17H2,(H,28,30). The molecule has 0 radical (unpaired) electrons. The van der Waals surface area contributed by atoms with Crippen molar-refractivity contribution in [1.82, 2.24) is 5.32 Å². The van der Waals surface area contributed by atoms with Crippen LogP contribution in [0.2, 0.25) is 0 Å². The van der Waals surface area contributed by atoms with Crippen LogP contribution in [0.15, 0.2) is 82.6 Å². The van der Waals surface area contributed by atoms with Crippen LogP contribution in [0.5, 0.6) is 0 Å². The summed E-state index contributed by atoms with van der Waals surface area (Å²) in [5, 5.41) is 12.4. The zero-order valence-corrected chi connectivity index (χ0v) is 17.7. The van der Waals surface area contributed by atoms with Crippen LogP contribution in [-0.2, 0) is 0 Å². The van der Waals surface area contributed by atoms with E-state index < -0.39 is 0 Å². The van der Waals surface area contributed by atoms with E-state index in [0.29, 0.717) is 23.6 Å². The van der Waals surface area contributed by atoms with E-state index in [4.69, 9.17) is 0 Å². The van der Waals surface area contributed by atoms with Crippen molar-refractivity contribution >= 4 is 23.4 Å². The molecule has 1 aliphatic rings. The van der Waals surface area contributed by atoms with Gasteiger partial charge in [-0.2, -0.15) is 5.26 Å². The molecular weight excluding hydrogens is 409 g/mol. The highest BCUT2D eigenvalue weighted by molar-refractivity contribution is 7.99. The van der Waals surface area contributed by atoms with Gasteiger partial charge in [-0.15, -0.1) is 0 Å². The molecule has 0 spiro atoms. The number of carbonyl (C=O) groups excluding carboxylic acids is 1. The van der Waals surface area contributed by atoms with E-state index in [2.05, 4.69) is 16.3 Å². The van der Waals surface area contributed by atoms with Gasteiger partial charge in [-0.1, -0.05) is 36.0 Å². The van der Waals surface area contributed by atoms with Gasteiger partial charge in [0.2, 0.25) is 0 Å². The Morgan fingerprint density at radius 3 is 2.55 bits per heavy atom. The Morgan fingerprint density at radius 2 is 1.77 bits per heavy atom. The topological polar surface area (TPSA) is 56.1 Å². The van der Waals surface area contributed by atoms with Gasteiger partial charge in [0.05, 0.1) is 11.1 Å². The Balaban J connectivity index is 1.38. The van der Waals surface area contributed by atoms with Crippen LogP contribution in [0.3, 0.4) is 0 Å². The van der Waals surface area contributed by atoms with Gasteiger partial charge in [0.25, 0.3) is 5.91 Å². The first-order valence-electron chi connectivity index (χ1n) is 10.2. The normalized spacial score (nSPS) is 15.5. The molecule has 3 aromatic carbocycles. The lowest BCUT2D eigenvalue weighted by atomic mass is 10.1. The molecule has 156 valence electrons. The van der Waals surface area contributed by atoms with Crippen LogP contribution < -0.4 is 10.2 Å². The monoisotopic (exact) mass is 431 g/mol. The molecular formula is C25H22FN3OS. The number of nitrogens with zero attached hydrogens (tertiary/aromatic N) is 2. The molecule has 1 amide bonds. The molecule has 0 bridgehead atoms. The van der Waals surface area contributed by atoms with Crippen molar-refractivity contribution in [2.75, 3.05) is 24.5 Å². The molecule has 31 heavy (non-hydrogen) atoms. The maximum absolute atomic E-state index is 13.2. The van der Waals surface area contributed by atoms with Gasteiger partial charge >= 0.3 is 0 Å². The second-order valence-electron chi connectivity index (χ2n) is 7.49. The molecule has 1 N–H and O–H groups in total. The molecule has 1 heterocycles. The average Bonchev–Trinajstić information content (AvgIpc) is 3.28. The number of hydrogen-bond donors (Lipinski definition) is 1. The van der Waals surface area contributed by atoms with Gasteiger partial charge in [0.15, 0.2) is 0 Å². The summed E-state index contributed by atoms with van der Waals surface area (Å²) in [4.78, 5) is 16.8. The average molecular weight is 432 g/mol. The van der Waals surface area contributed by atoms with Gasteiger partial charge in [0, 0.05) is 35.1 Å². The summed E-state index contributed by atoms with van der Waals surface area (Å²) in [5.74, 6) is -0.00778. The second kappa shape index (κ2) is 9.67. The lowest BCUT2D eigenvalue weighted by Gasteiger charge is -2.19. The molecule has 1 saturated heterocycles. The minimum absolute atomic E-state index is 0.113. The highest BCUT2D eigenvalue weighted by Crippen LogP contribution is 2.32. The molecule has 0 aromatic heterocycles. The molecule has 1 aliphatic heterocycles. The number of nitrogens with one attached hydrogen (secondary N) is 1. The Bertz CT molecular complexity index is 1110. The zero-order valence-electron chi connectivity index (χ0n) is 16.9. The lowest BCUT2D eigenvalue weighted by Crippen LogP contribution is -2.31. The number of nitriles is 1. The third-order valence-electron chi connectivity index (χ3n) is 5.39. The fourth-order valence-electron chi connectivity index (χ4n) is 3.73. The van der Waals surface area contributed by atoms with Gasteiger partial charge in [-0.05, 0) is 60.9 Å². The van der Waals surface area contributed by atoms with Crippen LogP contribution in [0.4, 0.5) is 10.1 Å². The minimum atomic E-state index is -0.235. The zero-order chi connectivity index (χ0) is 21.6. The molecule has 3 aromatic rings. The fraction of sp³-hybridized carbons (Fsp3) is 0.200. The Kier molecular flexibility index (Phi) is 6.54. The highest BCUT2D eigenvalue weighted by Gasteiger charge is 2.24. The number of benzene rings is 3. The van der Waals surface area contributed by atoms with Crippen molar-refractivity contribution in [1.29, 1.82) is 5.26 Å². The van der Waals surface area contributed by atoms with Gasteiger partial charge in [-0.3, -0.25) is 4.79 Å². The molecule has 1 fully saturated rings. The van der Waals surface area contributed by atoms with E-state index in [9.17, 15) is 14.4 Å². The van der Waals surface area contributed by atoms with E-state index in [1.807, 2.05) is 42.5 Å². The molecule has 1 unspecified atom stereocenters. The molecule has 4 rings (SSSR count). The van der Waals surface area contributed by atoms with E-state index in [1.54, 1.807) is 18.2 Å². The van der Waals surface area contributed by atoms with Gasteiger partial charge < -0.3 is 10.2 Å². The second-order valence-corrected chi connectivity index (χ2v) is 8.58. The fourth-order valence-corrected chi connectivity index (χ4v) is 4.75. The van der Waals surface area contributed by atoms with E-state index in [-0.39, 0.29) is 11.7 Å². The summed E-state index contributed by atoms with van der Waals surface area (Å²) < 4.78 is 13.2. The summed E-state index contributed by atoms with van der Waals surface area (Å²) in [7, 11) is 0. The Labute approximate surface area is 185 Å². The maximum atomic E-state index is 13.2. The summed E-state index contributed by atoms with van der Waals surface area (Å²) >= 11 is 1.43. The molecule has 4 nitrogen and oxygen atoms in total. The number of carbonyl (C=O) groups is 1. The van der Waals surface area contributed by atoms with Crippen LogP contribution in [-0.4, -0.2) is 25.5 Å². The van der Waals surface area contributed by atoms with E-state index >= 15 is 0 Å². The lowest BCUT2D eigenvalue weighted by molar-refractivity contribution is 0.0945. The largest absolute Gasteiger partial charge is 0.371 e. The maximum Gasteiger partial charge on any atom is 0.252 e. The summed E-state index contributed by atoms with van der Waals surface area (Å²) in [6, 6.07) is 23.6. The number of rotatable bonds is 6. The van der Waals surface area contributed by atoms with E-state index in [1.165, 1.54) is 23.9 Å². The predicted molar refractivity (Wildman–Crippen MR) is 121 cm³/mol. The van der Waals surface area contributed by atoms with Crippen molar-refractivity contribution in [3.8, 4) is 6.07 Å². The third kappa shape index (κ3) is 5.07. The number of halogens is 1. The van der Waals surface area contributed by atoms with Crippen LogP contribution in [0.1, 0.15) is 22.3 Å². The van der Waals surface area contributed by atoms with Crippen molar-refractivity contribution in [3.05, 3.63) is 89.7 Å². The van der Waals surface area contributed by atoms with Crippen LogP contribution in [0.25, 0.3) is 0 Å². The molecule has 1 atom stereocenters. The SMILES string of the molecule is N#Cc1ccccc1Sc1ccccc1C(=O)NCC1CCN(c2ccc(F)cc2)C1. The van der Waals surface area contributed by atoms with E-state index in [0.717, 1.165) is 35.0 Å². The molecule has 0 saturated carbocycles. The van der Waals surface area contributed by atoms with Crippen LogP contribution in [0, 0.1) is 23.1 Å². The Morgan fingerprint density at radius 1 is 1.06 bits per heavy atom.